The predicted octanol–water partition coefficient (Wildman–Crippen LogP) is 5.88. The number of nitrogens with one attached hydrogen (secondary N) is 3. The smallest absolute Gasteiger partial charge is 0.245 e. The van der Waals surface area contributed by atoms with E-state index in [1.165, 1.54) is 24.9 Å². The van der Waals surface area contributed by atoms with Crippen molar-refractivity contribution in [3.8, 4) is 11.5 Å². The average Bonchev–Trinajstić information content (AvgIpc) is 3.37. The normalized spacial score (nSPS) is 16.1. The van der Waals surface area contributed by atoms with Gasteiger partial charge in [-0.05, 0) is 67.9 Å². The second-order valence-corrected chi connectivity index (χ2v) is 10.0. The molecular formula is C29H30FN7O2. The molecule has 0 unspecified atom stereocenters. The number of aromatic amines is 1. The van der Waals surface area contributed by atoms with E-state index in [4.69, 9.17) is 4.74 Å². The van der Waals surface area contributed by atoms with Crippen LogP contribution in [0.2, 0.25) is 0 Å². The Labute approximate surface area is 225 Å². The summed E-state index contributed by atoms with van der Waals surface area (Å²) in [5.41, 5.74) is 2.02. The largest absolute Gasteiger partial charge is 0.457 e. The summed E-state index contributed by atoms with van der Waals surface area (Å²) in [6, 6.07) is 8.74. The molecule has 0 spiro atoms. The topological polar surface area (TPSA) is 108 Å². The Morgan fingerprint density at radius 2 is 1.92 bits per heavy atom. The fourth-order valence-corrected chi connectivity index (χ4v) is 5.18. The number of pyridine rings is 1. The van der Waals surface area contributed by atoms with Crippen LogP contribution in [0, 0.1) is 5.82 Å². The molecule has 4 aromatic rings. The van der Waals surface area contributed by atoms with E-state index in [2.05, 4.69) is 37.1 Å². The van der Waals surface area contributed by atoms with Crippen molar-refractivity contribution in [3.05, 3.63) is 73.1 Å². The number of H-pyrrole nitrogens is 1. The number of anilines is 3. The summed E-state index contributed by atoms with van der Waals surface area (Å²) in [6.45, 7) is 4.90. The van der Waals surface area contributed by atoms with Gasteiger partial charge in [-0.3, -0.25) is 4.79 Å². The molecule has 39 heavy (non-hydrogen) atoms. The van der Waals surface area contributed by atoms with Gasteiger partial charge in [-0.15, -0.1) is 0 Å². The van der Waals surface area contributed by atoms with Gasteiger partial charge in [0, 0.05) is 43.7 Å². The number of carbonyl (C=O) groups excluding carboxylic acids is 1. The van der Waals surface area contributed by atoms with Gasteiger partial charge in [0.2, 0.25) is 5.91 Å². The number of halogens is 1. The molecule has 1 saturated carbocycles. The van der Waals surface area contributed by atoms with Crippen molar-refractivity contribution in [2.75, 3.05) is 23.7 Å². The molecule has 6 rings (SSSR count). The van der Waals surface area contributed by atoms with Gasteiger partial charge in [-0.2, -0.15) is 0 Å². The van der Waals surface area contributed by atoms with E-state index in [0.717, 1.165) is 42.5 Å². The first-order chi connectivity index (χ1) is 19.1. The summed E-state index contributed by atoms with van der Waals surface area (Å²) in [7, 11) is 0. The van der Waals surface area contributed by atoms with Crippen molar-refractivity contribution < 1.29 is 13.9 Å². The third-order valence-corrected chi connectivity index (χ3v) is 7.54. The Morgan fingerprint density at radius 1 is 1.10 bits per heavy atom. The van der Waals surface area contributed by atoms with Gasteiger partial charge < -0.3 is 25.3 Å². The minimum Gasteiger partial charge on any atom is -0.457 e. The molecule has 0 radical (unpaired) electrons. The average molecular weight is 528 g/mol. The minimum atomic E-state index is -0.463. The summed E-state index contributed by atoms with van der Waals surface area (Å²) >= 11 is 0. The molecule has 1 aliphatic heterocycles. The number of likely N-dealkylation sites (tertiary alicyclic amines) is 1. The zero-order valence-electron chi connectivity index (χ0n) is 21.5. The third kappa shape index (κ3) is 5.27. The Hall–Kier alpha value is -4.47. The monoisotopic (exact) mass is 527 g/mol. The standard InChI is InChI=1S/C29H30FN7O2/c1-2-26(38)37-12-9-18(10-13-37)22-16-32-28-27(22)29(34-17-33-28)36-24-7-6-20(14-23(24)30)39-21-8-11-31-25(15-21)35-19-4-3-5-19/h2,6-8,11,14-19H,1,3-5,9-10,12-13H2,(H,31,35)(H2,32,33,34,36). The van der Waals surface area contributed by atoms with E-state index in [0.29, 0.717) is 42.1 Å². The molecule has 1 saturated heterocycles. The highest BCUT2D eigenvalue weighted by Crippen LogP contribution is 2.37. The lowest BCUT2D eigenvalue weighted by molar-refractivity contribution is -0.127. The first-order valence-corrected chi connectivity index (χ1v) is 13.3. The first kappa shape index (κ1) is 24.8. The number of aromatic nitrogens is 4. The Kier molecular flexibility index (Phi) is 6.83. The van der Waals surface area contributed by atoms with Crippen LogP contribution in [0.1, 0.15) is 43.6 Å². The Balaban J connectivity index is 1.18. The first-order valence-electron chi connectivity index (χ1n) is 13.3. The van der Waals surface area contributed by atoms with Crippen LogP contribution in [0.3, 0.4) is 0 Å². The highest BCUT2D eigenvalue weighted by molar-refractivity contribution is 5.92. The number of fused-ring (bicyclic) bond motifs is 1. The number of rotatable bonds is 8. The number of nitrogens with zero attached hydrogens (tertiary/aromatic N) is 4. The van der Waals surface area contributed by atoms with Gasteiger partial charge in [0.1, 0.15) is 40.9 Å². The molecule has 2 aliphatic rings. The molecule has 0 atom stereocenters. The van der Waals surface area contributed by atoms with E-state index in [9.17, 15) is 4.79 Å². The third-order valence-electron chi connectivity index (χ3n) is 7.54. The summed E-state index contributed by atoms with van der Waals surface area (Å²) < 4.78 is 21.1. The lowest BCUT2D eigenvalue weighted by Gasteiger charge is -2.31. The van der Waals surface area contributed by atoms with Crippen LogP contribution >= 0.6 is 0 Å². The van der Waals surface area contributed by atoms with E-state index >= 15 is 4.39 Å². The SMILES string of the molecule is C=CC(=O)N1CCC(c2c[nH]c3ncnc(Nc4ccc(Oc5ccnc(NC6CCC6)c5)cc4F)c23)CC1. The molecule has 3 aromatic heterocycles. The summed E-state index contributed by atoms with van der Waals surface area (Å²) in [5, 5.41) is 7.37. The molecule has 200 valence electrons. The molecule has 1 amide bonds. The molecular weight excluding hydrogens is 497 g/mol. The van der Waals surface area contributed by atoms with Gasteiger partial charge in [0.05, 0.1) is 11.1 Å². The highest BCUT2D eigenvalue weighted by Gasteiger charge is 2.26. The van der Waals surface area contributed by atoms with Gasteiger partial charge in [0.25, 0.3) is 0 Å². The zero-order valence-corrected chi connectivity index (χ0v) is 21.5. The van der Waals surface area contributed by atoms with Crippen molar-refractivity contribution >= 4 is 34.3 Å². The fourth-order valence-electron chi connectivity index (χ4n) is 5.18. The molecule has 1 aromatic carbocycles. The van der Waals surface area contributed by atoms with Crippen LogP contribution in [0.4, 0.5) is 21.7 Å². The van der Waals surface area contributed by atoms with Gasteiger partial charge in [0.15, 0.2) is 0 Å². The van der Waals surface area contributed by atoms with E-state index in [1.54, 1.807) is 24.4 Å². The van der Waals surface area contributed by atoms with Crippen LogP contribution in [0.5, 0.6) is 11.5 Å². The summed E-state index contributed by atoms with van der Waals surface area (Å²) in [5.74, 6) is 1.96. The molecule has 3 N–H and O–H groups in total. The van der Waals surface area contributed by atoms with Crippen LogP contribution in [-0.2, 0) is 4.79 Å². The van der Waals surface area contributed by atoms with Crippen molar-refractivity contribution in [3.63, 3.8) is 0 Å². The number of carbonyl (C=O) groups is 1. The highest BCUT2D eigenvalue weighted by atomic mass is 19.1. The van der Waals surface area contributed by atoms with Crippen molar-refractivity contribution in [2.24, 2.45) is 0 Å². The van der Waals surface area contributed by atoms with Crippen LogP contribution in [0.25, 0.3) is 11.0 Å². The summed E-state index contributed by atoms with van der Waals surface area (Å²) in [6.07, 6.45) is 11.6. The summed E-state index contributed by atoms with van der Waals surface area (Å²) in [4.78, 5) is 30.1. The van der Waals surface area contributed by atoms with Crippen LogP contribution < -0.4 is 15.4 Å². The number of hydrogen-bond acceptors (Lipinski definition) is 7. The van der Waals surface area contributed by atoms with Crippen molar-refractivity contribution in [1.82, 2.24) is 24.8 Å². The van der Waals surface area contributed by atoms with Gasteiger partial charge >= 0.3 is 0 Å². The van der Waals surface area contributed by atoms with E-state index in [1.807, 2.05) is 17.2 Å². The zero-order chi connectivity index (χ0) is 26.8. The Morgan fingerprint density at radius 3 is 2.67 bits per heavy atom. The number of hydrogen-bond donors (Lipinski definition) is 3. The maximum Gasteiger partial charge on any atom is 0.245 e. The fraction of sp³-hybridized carbons (Fsp3) is 0.310. The number of benzene rings is 1. The molecule has 0 bridgehead atoms. The maximum absolute atomic E-state index is 15.2. The minimum absolute atomic E-state index is 0.0457. The molecule has 1 aliphatic carbocycles. The van der Waals surface area contributed by atoms with Crippen molar-refractivity contribution in [1.29, 1.82) is 0 Å². The maximum atomic E-state index is 15.2. The van der Waals surface area contributed by atoms with Gasteiger partial charge in [-0.1, -0.05) is 6.58 Å². The number of piperidine rings is 1. The quantitative estimate of drug-likeness (QED) is 0.245. The van der Waals surface area contributed by atoms with E-state index < -0.39 is 5.82 Å². The Bertz CT molecular complexity index is 1510. The number of amides is 1. The molecule has 4 heterocycles. The molecule has 2 fully saturated rings. The second kappa shape index (κ2) is 10.7. The van der Waals surface area contributed by atoms with Crippen LogP contribution in [0.15, 0.2) is 61.7 Å². The van der Waals surface area contributed by atoms with E-state index in [-0.39, 0.29) is 17.5 Å². The van der Waals surface area contributed by atoms with Crippen LogP contribution in [-0.4, -0.2) is 49.9 Å². The molecule has 9 nitrogen and oxygen atoms in total. The van der Waals surface area contributed by atoms with Gasteiger partial charge in [-0.25, -0.2) is 19.3 Å². The lowest BCUT2D eigenvalue weighted by atomic mass is 9.89. The second-order valence-electron chi connectivity index (χ2n) is 10.0. The lowest BCUT2D eigenvalue weighted by Crippen LogP contribution is -2.36. The predicted molar refractivity (Wildman–Crippen MR) is 148 cm³/mol. The number of ether oxygens (including phenoxy) is 1. The molecule has 10 heteroatoms. The van der Waals surface area contributed by atoms with Crippen molar-refractivity contribution in [2.45, 2.75) is 44.1 Å².